The van der Waals surface area contributed by atoms with Gasteiger partial charge in [-0.25, -0.2) is 0 Å². The van der Waals surface area contributed by atoms with Crippen LogP contribution in [0.4, 0.5) is 0 Å². The van der Waals surface area contributed by atoms with Crippen molar-refractivity contribution in [3.63, 3.8) is 0 Å². The molecule has 0 fully saturated rings. The Labute approximate surface area is 366 Å². The highest BCUT2D eigenvalue weighted by Crippen LogP contribution is 2.17. The van der Waals surface area contributed by atoms with Crippen LogP contribution >= 0.6 is 12.6 Å². The molecule has 0 heterocycles. The van der Waals surface area contributed by atoms with Crippen LogP contribution in [-0.2, 0) is 28.6 Å². The third-order valence-electron chi connectivity index (χ3n) is 11.7. The maximum atomic E-state index is 12.8. The molecule has 0 rings (SSSR count). The van der Waals surface area contributed by atoms with E-state index in [1.807, 2.05) is 0 Å². The Bertz CT molecular complexity index is 820. The fourth-order valence-corrected chi connectivity index (χ4v) is 8.00. The zero-order valence-corrected chi connectivity index (χ0v) is 39.7. The number of hydrogen-bond donors (Lipinski definition) is 1. The first-order valence-electron chi connectivity index (χ1n) is 25.6. The van der Waals surface area contributed by atoms with Crippen molar-refractivity contribution in [3.05, 3.63) is 0 Å². The number of esters is 3. The zero-order valence-electron chi connectivity index (χ0n) is 38.8. The molecule has 0 unspecified atom stereocenters. The third kappa shape index (κ3) is 45.8. The summed E-state index contributed by atoms with van der Waals surface area (Å²) in [4.78, 5) is 37.9. The Morgan fingerprint density at radius 1 is 0.328 bits per heavy atom. The van der Waals surface area contributed by atoms with Gasteiger partial charge in [0.25, 0.3) is 0 Å². The van der Waals surface area contributed by atoms with Gasteiger partial charge in [-0.2, -0.15) is 12.6 Å². The van der Waals surface area contributed by atoms with Crippen molar-refractivity contribution < 1.29 is 28.6 Å². The highest BCUT2D eigenvalue weighted by molar-refractivity contribution is 7.80. The minimum Gasteiger partial charge on any atom is -0.462 e. The summed E-state index contributed by atoms with van der Waals surface area (Å²) in [5.41, 5.74) is 0. The lowest BCUT2D eigenvalue weighted by molar-refractivity contribution is -0.167. The third-order valence-corrected chi connectivity index (χ3v) is 12.0. The maximum absolute atomic E-state index is 12.8. The molecule has 0 bridgehead atoms. The number of carbonyl (C=O) groups excluding carboxylic acids is 3. The predicted molar refractivity (Wildman–Crippen MR) is 251 cm³/mol. The van der Waals surface area contributed by atoms with Crippen molar-refractivity contribution in [1.29, 1.82) is 0 Å². The van der Waals surface area contributed by atoms with Crippen molar-refractivity contribution in [1.82, 2.24) is 0 Å². The number of carbonyl (C=O) groups is 3. The second-order valence-corrected chi connectivity index (χ2v) is 18.0. The second kappa shape index (κ2) is 48.4. The van der Waals surface area contributed by atoms with Crippen LogP contribution in [0, 0.1) is 0 Å². The molecule has 0 radical (unpaired) electrons. The zero-order chi connectivity index (χ0) is 42.3. The molecule has 0 aromatic carbocycles. The van der Waals surface area contributed by atoms with E-state index in [1.54, 1.807) is 0 Å². The molecule has 0 atom stereocenters. The lowest BCUT2D eigenvalue weighted by atomic mass is 10.0. The maximum Gasteiger partial charge on any atom is 0.306 e. The van der Waals surface area contributed by atoms with E-state index in [0.29, 0.717) is 19.3 Å². The molecule has 344 valence electrons. The molecule has 0 aliphatic carbocycles. The van der Waals surface area contributed by atoms with Gasteiger partial charge in [0.1, 0.15) is 13.2 Å². The Kier molecular flexibility index (Phi) is 47.4. The molecular weight excluding hydrogens is 741 g/mol. The molecule has 7 heteroatoms. The van der Waals surface area contributed by atoms with Crippen LogP contribution in [0.3, 0.4) is 0 Å². The highest BCUT2D eigenvalue weighted by atomic mass is 32.1. The molecule has 0 saturated heterocycles. The van der Waals surface area contributed by atoms with Crippen molar-refractivity contribution in [2.45, 2.75) is 290 Å². The average Bonchev–Trinajstić information content (AvgIpc) is 3.22. The summed E-state index contributed by atoms with van der Waals surface area (Å²) in [5.74, 6) is 0.160. The van der Waals surface area contributed by atoms with E-state index in [0.717, 1.165) is 63.5 Å². The fraction of sp³-hybridized carbons (Fsp3) is 0.941. The fourth-order valence-electron chi connectivity index (χ4n) is 7.78. The Morgan fingerprint density at radius 3 is 0.810 bits per heavy atom. The van der Waals surface area contributed by atoms with Gasteiger partial charge in [-0.3, -0.25) is 14.4 Å². The van der Waals surface area contributed by atoms with Gasteiger partial charge in [0.2, 0.25) is 0 Å². The largest absolute Gasteiger partial charge is 0.462 e. The highest BCUT2D eigenvalue weighted by Gasteiger charge is 2.19. The average molecular weight is 839 g/mol. The van der Waals surface area contributed by atoms with Gasteiger partial charge in [0, 0.05) is 19.3 Å². The second-order valence-electron chi connectivity index (χ2n) is 17.5. The molecule has 0 aromatic rings. The number of hydrogen-bond acceptors (Lipinski definition) is 7. The summed E-state index contributed by atoms with van der Waals surface area (Å²) in [6, 6.07) is 0. The van der Waals surface area contributed by atoms with Crippen molar-refractivity contribution in [2.24, 2.45) is 0 Å². The predicted octanol–water partition coefficient (Wildman–Crippen LogP) is 16.3. The molecule has 0 aromatic heterocycles. The van der Waals surface area contributed by atoms with Gasteiger partial charge in [0.15, 0.2) is 6.10 Å². The van der Waals surface area contributed by atoms with Crippen LogP contribution in [0.2, 0.25) is 0 Å². The first kappa shape index (κ1) is 56.8. The van der Waals surface area contributed by atoms with Crippen LogP contribution in [0.15, 0.2) is 0 Å². The van der Waals surface area contributed by atoms with Gasteiger partial charge in [-0.1, -0.05) is 239 Å². The number of unbranched alkanes of at least 4 members (excludes halogenated alkanes) is 36. The monoisotopic (exact) mass is 839 g/mol. The van der Waals surface area contributed by atoms with E-state index < -0.39 is 6.10 Å². The molecule has 0 spiro atoms. The Balaban J connectivity index is 4.31. The van der Waals surface area contributed by atoms with E-state index in [-0.39, 0.29) is 31.1 Å². The van der Waals surface area contributed by atoms with Gasteiger partial charge in [-0.15, -0.1) is 0 Å². The Hall–Kier alpha value is -1.24. The van der Waals surface area contributed by atoms with Crippen LogP contribution in [0.1, 0.15) is 284 Å². The normalized spacial score (nSPS) is 11.4. The summed E-state index contributed by atoms with van der Waals surface area (Å²) < 4.78 is 16.8. The minimum atomic E-state index is -0.762. The van der Waals surface area contributed by atoms with Crippen molar-refractivity contribution >= 4 is 30.5 Å². The number of rotatable bonds is 48. The molecular formula is C51H98O6S. The van der Waals surface area contributed by atoms with Crippen molar-refractivity contribution in [2.75, 3.05) is 19.0 Å². The van der Waals surface area contributed by atoms with E-state index in [1.165, 1.54) is 193 Å². The summed E-state index contributed by atoms with van der Waals surface area (Å²) in [7, 11) is 0. The van der Waals surface area contributed by atoms with E-state index in [2.05, 4.69) is 26.5 Å². The smallest absolute Gasteiger partial charge is 0.306 e. The number of ether oxygens (including phenoxy) is 3. The molecule has 0 saturated carbocycles. The molecule has 0 aliphatic rings. The summed E-state index contributed by atoms with van der Waals surface area (Å²) in [6.45, 7) is 4.40. The molecule has 0 aliphatic heterocycles. The number of thiol groups is 1. The topological polar surface area (TPSA) is 78.9 Å². The lowest BCUT2D eigenvalue weighted by Gasteiger charge is -2.18. The minimum absolute atomic E-state index is 0.0648. The molecule has 6 nitrogen and oxygen atoms in total. The SMILES string of the molecule is CCCCCCCCCCCCCCCC(=O)OCC(COC(=O)CCCCCCCCCCCCCCC)OC(=O)CCCCCCCCCCCCCCCS. The van der Waals surface area contributed by atoms with Gasteiger partial charge < -0.3 is 14.2 Å². The Morgan fingerprint density at radius 2 is 0.552 bits per heavy atom. The van der Waals surface area contributed by atoms with Crippen molar-refractivity contribution in [3.8, 4) is 0 Å². The lowest BCUT2D eigenvalue weighted by Crippen LogP contribution is -2.30. The van der Waals surface area contributed by atoms with Gasteiger partial charge >= 0.3 is 17.9 Å². The molecule has 0 N–H and O–H groups in total. The first-order chi connectivity index (χ1) is 28.5. The summed E-state index contributed by atoms with van der Waals surface area (Å²) >= 11 is 4.29. The van der Waals surface area contributed by atoms with Crippen LogP contribution < -0.4 is 0 Å². The standard InChI is InChI=1S/C51H98O6S/c1-3-5-7-9-11-13-15-18-22-26-30-34-38-42-49(52)55-46-48(47-56-50(53)43-39-35-31-27-23-19-16-14-12-10-8-6-4-2)57-51(54)44-40-36-32-28-24-20-17-21-25-29-33-37-41-45-58/h48,58H,3-47H2,1-2H3. The van der Waals surface area contributed by atoms with E-state index in [4.69, 9.17) is 14.2 Å². The molecule has 0 amide bonds. The quantitative estimate of drug-likeness (QED) is 0.0285. The van der Waals surface area contributed by atoms with E-state index >= 15 is 0 Å². The summed E-state index contributed by atoms with van der Waals surface area (Å²) in [5, 5.41) is 0. The van der Waals surface area contributed by atoms with Crippen LogP contribution in [-0.4, -0.2) is 43.0 Å². The van der Waals surface area contributed by atoms with Gasteiger partial charge in [0.05, 0.1) is 0 Å². The summed E-state index contributed by atoms with van der Waals surface area (Å²) in [6.07, 6.45) is 49.0. The van der Waals surface area contributed by atoms with E-state index in [9.17, 15) is 14.4 Å². The van der Waals surface area contributed by atoms with Crippen LogP contribution in [0.25, 0.3) is 0 Å². The first-order valence-corrected chi connectivity index (χ1v) is 26.3. The molecule has 58 heavy (non-hydrogen) atoms. The van der Waals surface area contributed by atoms with Crippen LogP contribution in [0.5, 0.6) is 0 Å². The van der Waals surface area contributed by atoms with Gasteiger partial charge in [-0.05, 0) is 31.4 Å².